The van der Waals surface area contributed by atoms with Gasteiger partial charge in [-0.25, -0.2) is 14.4 Å². The summed E-state index contributed by atoms with van der Waals surface area (Å²) in [5, 5.41) is 18.4. The minimum Gasteiger partial charge on any atom is -0.467 e. The minimum absolute atomic E-state index is 0.0263. The van der Waals surface area contributed by atoms with Crippen molar-refractivity contribution in [3.63, 3.8) is 0 Å². The van der Waals surface area contributed by atoms with Crippen molar-refractivity contribution in [2.45, 2.75) is 37.6 Å². The molecule has 0 aliphatic carbocycles. The lowest BCUT2D eigenvalue weighted by molar-refractivity contribution is -0.294. The summed E-state index contributed by atoms with van der Waals surface area (Å²) in [6.07, 6.45) is -8.69. The smallest absolute Gasteiger partial charge is 0.412 e. The molecule has 0 unspecified atom stereocenters. The Hall–Kier alpha value is -5.91. The summed E-state index contributed by atoms with van der Waals surface area (Å²) in [6, 6.07) is 15.7. The lowest BCUT2D eigenvalue weighted by Gasteiger charge is -2.44. The second-order valence-corrected chi connectivity index (χ2v) is 11.0. The summed E-state index contributed by atoms with van der Waals surface area (Å²) in [5.74, 6) is 1.44. The molecule has 0 saturated carbocycles. The predicted octanol–water partition coefficient (Wildman–Crippen LogP) is 4.19. The van der Waals surface area contributed by atoms with Crippen LogP contribution in [0.4, 0.5) is 26.7 Å². The first-order valence-electron chi connectivity index (χ1n) is 15.7. The largest absolute Gasteiger partial charge is 0.467 e. The highest BCUT2D eigenvalue weighted by atomic mass is 16.7. The maximum Gasteiger partial charge on any atom is 0.412 e. The molecule has 17 heteroatoms. The van der Waals surface area contributed by atoms with Gasteiger partial charge in [0.15, 0.2) is 53.5 Å². The van der Waals surface area contributed by atoms with E-state index in [0.29, 0.717) is 34.4 Å². The van der Waals surface area contributed by atoms with Crippen LogP contribution in [0.3, 0.4) is 0 Å². The summed E-state index contributed by atoms with van der Waals surface area (Å²) < 4.78 is 55.6. The molecule has 3 aromatic rings. The van der Waals surface area contributed by atoms with Crippen LogP contribution in [0.1, 0.15) is 17.3 Å². The van der Waals surface area contributed by atoms with E-state index >= 15 is 0 Å². The van der Waals surface area contributed by atoms with Crippen molar-refractivity contribution in [3.8, 4) is 23.0 Å². The molecule has 4 N–H and O–H groups in total. The number of benzene rings is 3. The Balaban J connectivity index is 1.22. The molecule has 2 amide bonds. The van der Waals surface area contributed by atoms with Gasteiger partial charge in [-0.1, -0.05) is 0 Å². The van der Waals surface area contributed by atoms with Gasteiger partial charge < -0.3 is 57.8 Å². The predicted molar refractivity (Wildman–Crippen MR) is 176 cm³/mol. The normalized spacial score (nSPS) is 21.2. The van der Waals surface area contributed by atoms with Gasteiger partial charge in [-0.3, -0.25) is 10.6 Å². The Kier molecular flexibility index (Phi) is 10.8. The van der Waals surface area contributed by atoms with E-state index in [1.54, 1.807) is 43.3 Å². The third-order valence-corrected chi connectivity index (χ3v) is 7.69. The monoisotopic (exact) mass is 709 g/mol. The third kappa shape index (κ3) is 8.29. The topological polar surface area (TPSA) is 200 Å². The molecule has 270 valence electrons. The molecular formula is C34H35N3O14. The molecule has 51 heavy (non-hydrogen) atoms. The molecule has 17 nitrogen and oxygen atoms in total. The maximum atomic E-state index is 13.4. The summed E-state index contributed by atoms with van der Waals surface area (Å²) in [6.45, 7) is 5.27. The van der Waals surface area contributed by atoms with Gasteiger partial charge in [-0.15, -0.1) is 0 Å². The number of hydrogen-bond donors (Lipinski definition) is 4. The van der Waals surface area contributed by atoms with Gasteiger partial charge in [0.2, 0.25) is 13.6 Å². The SMILES string of the molecule is C=C(Nc1ccc2c(c1)OCO2)O[C@H]1[C@@H](OC)O[C@H](CO)[C@@H](OC(=O)Nc2ccc(C(=O)OCC)cc2)[C@@H]1OC(=O)Nc1ccc2c(c1)OCO2. The van der Waals surface area contributed by atoms with Crippen LogP contribution in [-0.2, 0) is 28.4 Å². The molecule has 3 heterocycles. The average Bonchev–Trinajstić information content (AvgIpc) is 3.79. The van der Waals surface area contributed by atoms with Crippen LogP contribution < -0.4 is 34.9 Å². The molecule has 0 radical (unpaired) electrons. The van der Waals surface area contributed by atoms with E-state index in [2.05, 4.69) is 22.5 Å². The quantitative estimate of drug-likeness (QED) is 0.118. The Morgan fingerprint density at radius 2 is 1.29 bits per heavy atom. The first-order valence-corrected chi connectivity index (χ1v) is 15.7. The molecule has 1 saturated heterocycles. The van der Waals surface area contributed by atoms with Crippen molar-refractivity contribution >= 4 is 35.2 Å². The number of amides is 2. The number of carbonyl (C=O) groups is 3. The van der Waals surface area contributed by atoms with Crippen LogP contribution >= 0.6 is 0 Å². The average molecular weight is 710 g/mol. The Morgan fingerprint density at radius 1 is 0.745 bits per heavy atom. The number of rotatable bonds is 12. The van der Waals surface area contributed by atoms with Gasteiger partial charge in [0, 0.05) is 36.3 Å². The van der Waals surface area contributed by atoms with Gasteiger partial charge in [0.1, 0.15) is 6.10 Å². The Morgan fingerprint density at radius 3 is 1.88 bits per heavy atom. The van der Waals surface area contributed by atoms with Gasteiger partial charge >= 0.3 is 18.2 Å². The molecule has 0 spiro atoms. The van der Waals surface area contributed by atoms with Crippen molar-refractivity contribution in [2.75, 3.05) is 49.9 Å². The fraction of sp³-hybridized carbons (Fsp3) is 0.324. The lowest BCUT2D eigenvalue weighted by Crippen LogP contribution is -2.62. The van der Waals surface area contributed by atoms with Crippen molar-refractivity contribution in [3.05, 3.63) is 78.7 Å². The van der Waals surface area contributed by atoms with Gasteiger partial charge in [-0.05, 0) is 62.0 Å². The number of hydrogen-bond acceptors (Lipinski definition) is 15. The first kappa shape index (κ1) is 34.9. The van der Waals surface area contributed by atoms with E-state index < -0.39 is 55.5 Å². The van der Waals surface area contributed by atoms with E-state index in [0.717, 1.165) is 0 Å². The zero-order chi connectivity index (χ0) is 35.9. The molecule has 1 fully saturated rings. The molecule has 3 aliphatic heterocycles. The van der Waals surface area contributed by atoms with Crippen molar-refractivity contribution in [1.82, 2.24) is 0 Å². The van der Waals surface area contributed by atoms with Crippen LogP contribution in [0, 0.1) is 0 Å². The molecule has 0 bridgehead atoms. The Bertz CT molecular complexity index is 1750. The highest BCUT2D eigenvalue weighted by Crippen LogP contribution is 2.36. The van der Waals surface area contributed by atoms with Gasteiger partial charge in [-0.2, -0.15) is 0 Å². The molecular weight excluding hydrogens is 674 g/mol. The number of esters is 1. The zero-order valence-electron chi connectivity index (χ0n) is 27.5. The fourth-order valence-corrected chi connectivity index (χ4v) is 5.37. The standard InChI is InChI=1S/C34H35N3O14/c1-4-43-31(39)19-5-7-20(8-6-19)36-33(40)50-28-27(15-38)49-32(42-3)30(48-18(2)35-21-9-11-23-25(13-21)46-16-44-23)29(28)51-34(41)37-22-10-12-24-26(14-22)47-17-45-24/h5-14,27-30,32,35,38H,2,4,15-17H2,1,3H3,(H,36,40)(H,37,41)/t27-,28-,29+,30-,32+/m1/s1. The number of fused-ring (bicyclic) bond motifs is 2. The molecule has 3 aromatic carbocycles. The highest BCUT2D eigenvalue weighted by Gasteiger charge is 2.52. The van der Waals surface area contributed by atoms with E-state index in [9.17, 15) is 19.5 Å². The van der Waals surface area contributed by atoms with E-state index in [1.165, 1.54) is 31.4 Å². The van der Waals surface area contributed by atoms with Crippen LogP contribution in [-0.4, -0.2) is 87.9 Å². The summed E-state index contributed by atoms with van der Waals surface area (Å²) in [5.41, 5.74) is 1.39. The summed E-state index contributed by atoms with van der Waals surface area (Å²) in [4.78, 5) is 38.7. The van der Waals surface area contributed by atoms with Gasteiger partial charge in [0.05, 0.1) is 18.8 Å². The second kappa shape index (κ2) is 15.8. The van der Waals surface area contributed by atoms with E-state index in [4.69, 9.17) is 47.4 Å². The highest BCUT2D eigenvalue weighted by molar-refractivity contribution is 5.91. The number of nitrogens with one attached hydrogen (secondary N) is 3. The summed E-state index contributed by atoms with van der Waals surface area (Å²) >= 11 is 0. The van der Waals surface area contributed by atoms with Crippen LogP contribution in [0.5, 0.6) is 23.0 Å². The number of anilines is 3. The number of methoxy groups -OCH3 is 1. The maximum absolute atomic E-state index is 13.4. The number of ether oxygens (including phenoxy) is 10. The lowest BCUT2D eigenvalue weighted by atomic mass is 9.98. The Labute approximate surface area is 291 Å². The van der Waals surface area contributed by atoms with Crippen molar-refractivity contribution in [1.29, 1.82) is 0 Å². The van der Waals surface area contributed by atoms with Gasteiger partial charge in [0.25, 0.3) is 0 Å². The molecule has 5 atom stereocenters. The van der Waals surface area contributed by atoms with Crippen LogP contribution in [0.15, 0.2) is 73.1 Å². The van der Waals surface area contributed by atoms with Crippen molar-refractivity contribution < 1.29 is 66.9 Å². The molecule has 3 aliphatic rings. The number of carbonyl (C=O) groups excluding carboxylic acids is 3. The van der Waals surface area contributed by atoms with Crippen LogP contribution in [0.2, 0.25) is 0 Å². The van der Waals surface area contributed by atoms with E-state index in [-0.39, 0.29) is 37.3 Å². The molecule has 6 rings (SSSR count). The minimum atomic E-state index is -1.46. The number of aliphatic hydroxyl groups is 1. The summed E-state index contributed by atoms with van der Waals surface area (Å²) in [7, 11) is 1.32. The van der Waals surface area contributed by atoms with E-state index in [1.807, 2.05) is 0 Å². The fourth-order valence-electron chi connectivity index (χ4n) is 5.37. The van der Waals surface area contributed by atoms with Crippen molar-refractivity contribution in [2.24, 2.45) is 0 Å². The number of aliphatic hydroxyl groups excluding tert-OH is 1. The third-order valence-electron chi connectivity index (χ3n) is 7.69. The second-order valence-electron chi connectivity index (χ2n) is 11.0. The zero-order valence-corrected chi connectivity index (χ0v) is 27.5. The van der Waals surface area contributed by atoms with Crippen LogP contribution in [0.25, 0.3) is 0 Å². The first-order chi connectivity index (χ1) is 24.7. The molecule has 0 aromatic heterocycles.